The van der Waals surface area contributed by atoms with Crippen molar-refractivity contribution in [1.29, 1.82) is 0 Å². The maximum atomic E-state index is 11.1. The second-order valence-corrected chi connectivity index (χ2v) is 5.31. The predicted octanol–water partition coefficient (Wildman–Crippen LogP) is 1.81. The van der Waals surface area contributed by atoms with Gasteiger partial charge >= 0.3 is 0 Å². The van der Waals surface area contributed by atoms with Gasteiger partial charge in [0.25, 0.3) is 0 Å². The average Bonchev–Trinajstić information content (AvgIpc) is 2.39. The van der Waals surface area contributed by atoms with Gasteiger partial charge in [-0.25, -0.2) is 0 Å². The van der Waals surface area contributed by atoms with Gasteiger partial charge < -0.3 is 16.0 Å². The molecule has 1 heterocycles. The second kappa shape index (κ2) is 6.06. The Kier molecular flexibility index (Phi) is 4.43. The van der Waals surface area contributed by atoms with Crippen LogP contribution < -0.4 is 16.0 Å². The molecule has 0 spiro atoms. The highest BCUT2D eigenvalue weighted by Gasteiger charge is 2.21. The van der Waals surface area contributed by atoms with Crippen LogP contribution in [0.2, 0.25) is 0 Å². The number of nitrogens with one attached hydrogen (secondary N) is 1. The first-order valence-electron chi connectivity index (χ1n) is 6.94. The highest BCUT2D eigenvalue weighted by Crippen LogP contribution is 2.27. The van der Waals surface area contributed by atoms with E-state index in [-0.39, 0.29) is 11.9 Å². The van der Waals surface area contributed by atoms with Crippen LogP contribution in [-0.2, 0) is 4.79 Å². The van der Waals surface area contributed by atoms with Crippen LogP contribution in [-0.4, -0.2) is 25.0 Å². The number of hydrogen-bond acceptors (Lipinski definition) is 3. The fraction of sp³-hybridized carbons (Fsp3) is 0.533. The molecule has 1 atom stereocenters. The number of piperidine rings is 1. The Bertz CT molecular complexity index is 437. The summed E-state index contributed by atoms with van der Waals surface area (Å²) < 4.78 is 0. The van der Waals surface area contributed by atoms with Crippen LogP contribution in [0.3, 0.4) is 0 Å². The number of hydrogen-bond donors (Lipinski definition) is 2. The lowest BCUT2D eigenvalue weighted by atomic mass is 10.0. The number of carbonyl (C=O) groups excluding carboxylic acids is 1. The summed E-state index contributed by atoms with van der Waals surface area (Å²) >= 11 is 0. The van der Waals surface area contributed by atoms with E-state index in [0.717, 1.165) is 25.9 Å². The largest absolute Gasteiger partial charge is 0.371 e. The van der Waals surface area contributed by atoms with Crippen LogP contribution in [0, 0.1) is 0 Å². The third kappa shape index (κ3) is 3.47. The van der Waals surface area contributed by atoms with E-state index in [1.54, 1.807) is 6.92 Å². The smallest absolute Gasteiger partial charge is 0.217 e. The van der Waals surface area contributed by atoms with Crippen LogP contribution in [0.1, 0.15) is 38.3 Å². The van der Waals surface area contributed by atoms with Gasteiger partial charge in [-0.3, -0.25) is 4.79 Å². The highest BCUT2D eigenvalue weighted by atomic mass is 16.1. The molecule has 1 fully saturated rings. The van der Waals surface area contributed by atoms with Gasteiger partial charge in [0.05, 0.1) is 0 Å². The van der Waals surface area contributed by atoms with Crippen molar-refractivity contribution < 1.29 is 4.79 Å². The Hall–Kier alpha value is -1.55. The maximum absolute atomic E-state index is 11.1. The molecular formula is C15H23N3O. The number of anilines is 1. The number of carbonyl (C=O) groups is 1. The van der Waals surface area contributed by atoms with Crippen molar-refractivity contribution in [3.63, 3.8) is 0 Å². The van der Waals surface area contributed by atoms with Crippen molar-refractivity contribution in [3.8, 4) is 0 Å². The molecule has 0 unspecified atom stereocenters. The molecule has 0 radical (unpaired) electrons. The van der Waals surface area contributed by atoms with Crippen LogP contribution in [0.15, 0.2) is 24.3 Å². The van der Waals surface area contributed by atoms with Crippen molar-refractivity contribution in [1.82, 2.24) is 5.32 Å². The molecule has 0 bridgehead atoms. The van der Waals surface area contributed by atoms with Crippen molar-refractivity contribution in [2.24, 2.45) is 5.73 Å². The van der Waals surface area contributed by atoms with Crippen molar-refractivity contribution in [2.45, 2.75) is 38.8 Å². The van der Waals surface area contributed by atoms with Crippen molar-refractivity contribution in [3.05, 3.63) is 29.8 Å². The van der Waals surface area contributed by atoms with Gasteiger partial charge in [0.1, 0.15) is 0 Å². The first-order chi connectivity index (χ1) is 9.08. The zero-order chi connectivity index (χ0) is 13.8. The van der Waals surface area contributed by atoms with E-state index in [4.69, 9.17) is 5.73 Å². The molecule has 0 aromatic heterocycles. The number of nitrogens with zero attached hydrogens (tertiary/aromatic N) is 1. The minimum atomic E-state index is 0.0456. The molecule has 104 valence electrons. The van der Waals surface area contributed by atoms with E-state index in [2.05, 4.69) is 28.4 Å². The number of amides is 1. The minimum absolute atomic E-state index is 0.0456. The third-order valence-corrected chi connectivity index (χ3v) is 3.67. The van der Waals surface area contributed by atoms with Gasteiger partial charge in [-0.2, -0.15) is 0 Å². The van der Waals surface area contributed by atoms with Gasteiger partial charge in [-0.1, -0.05) is 18.2 Å². The van der Waals surface area contributed by atoms with Crippen LogP contribution in [0.25, 0.3) is 0 Å². The van der Waals surface area contributed by atoms with Gasteiger partial charge in [0.2, 0.25) is 5.91 Å². The number of rotatable bonds is 3. The molecule has 3 N–H and O–H groups in total. The van der Waals surface area contributed by atoms with Gasteiger partial charge in [-0.15, -0.1) is 0 Å². The summed E-state index contributed by atoms with van der Waals surface area (Å²) in [6.07, 6.45) is 1.99. The first kappa shape index (κ1) is 13.9. The summed E-state index contributed by atoms with van der Waals surface area (Å²) in [6, 6.07) is 8.69. The summed E-state index contributed by atoms with van der Waals surface area (Å²) in [5, 5.41) is 3.00. The average molecular weight is 261 g/mol. The third-order valence-electron chi connectivity index (χ3n) is 3.67. The van der Waals surface area contributed by atoms with Crippen molar-refractivity contribution in [2.75, 3.05) is 18.0 Å². The summed E-state index contributed by atoms with van der Waals surface area (Å²) in [5.41, 5.74) is 8.46. The lowest BCUT2D eigenvalue weighted by Crippen LogP contribution is -2.44. The summed E-state index contributed by atoms with van der Waals surface area (Å²) in [5.74, 6) is 0.0643. The van der Waals surface area contributed by atoms with E-state index < -0.39 is 0 Å². The van der Waals surface area contributed by atoms with Crippen LogP contribution in [0.5, 0.6) is 0 Å². The fourth-order valence-electron chi connectivity index (χ4n) is 2.71. The van der Waals surface area contributed by atoms with Gasteiger partial charge in [0, 0.05) is 37.8 Å². The van der Waals surface area contributed by atoms with E-state index in [1.165, 1.54) is 11.3 Å². The molecule has 1 aromatic rings. The van der Waals surface area contributed by atoms with E-state index >= 15 is 0 Å². The minimum Gasteiger partial charge on any atom is -0.371 e. The van der Waals surface area contributed by atoms with Gasteiger partial charge in [0.15, 0.2) is 0 Å². The number of nitrogens with two attached hydrogens (primary N) is 1. The summed E-state index contributed by atoms with van der Waals surface area (Å²) in [6.45, 7) is 5.53. The molecular weight excluding hydrogens is 238 g/mol. The molecule has 2 rings (SSSR count). The van der Waals surface area contributed by atoms with Crippen LogP contribution in [0.4, 0.5) is 5.69 Å². The quantitative estimate of drug-likeness (QED) is 0.872. The van der Waals surface area contributed by atoms with Gasteiger partial charge in [-0.05, 0) is 31.4 Å². The second-order valence-electron chi connectivity index (χ2n) is 5.31. The summed E-state index contributed by atoms with van der Waals surface area (Å²) in [7, 11) is 0. The molecule has 1 aromatic carbocycles. The highest BCUT2D eigenvalue weighted by molar-refractivity contribution is 5.73. The predicted molar refractivity (Wildman–Crippen MR) is 78.1 cm³/mol. The lowest BCUT2D eigenvalue weighted by Gasteiger charge is -2.35. The zero-order valence-electron chi connectivity index (χ0n) is 11.7. The van der Waals surface area contributed by atoms with Crippen molar-refractivity contribution >= 4 is 11.6 Å². The lowest BCUT2D eigenvalue weighted by molar-refractivity contribution is -0.119. The Morgan fingerprint density at radius 2 is 2.00 bits per heavy atom. The Morgan fingerprint density at radius 3 is 2.58 bits per heavy atom. The Labute approximate surface area is 115 Å². The SMILES string of the molecule is CC(=O)NC1CCN(c2ccccc2[C@@H](C)N)CC1. The molecule has 1 aliphatic rings. The Balaban J connectivity index is 2.03. The molecule has 4 heteroatoms. The number of para-hydroxylation sites is 1. The first-order valence-corrected chi connectivity index (χ1v) is 6.94. The molecule has 4 nitrogen and oxygen atoms in total. The monoisotopic (exact) mass is 261 g/mol. The topological polar surface area (TPSA) is 58.4 Å². The molecule has 0 aliphatic carbocycles. The molecule has 0 saturated carbocycles. The normalized spacial score (nSPS) is 18.2. The molecule has 1 amide bonds. The van der Waals surface area contributed by atoms with E-state index in [0.29, 0.717) is 6.04 Å². The molecule has 1 aliphatic heterocycles. The standard InChI is InChI=1S/C15H23N3O/c1-11(16)14-5-3-4-6-15(14)18-9-7-13(8-10-18)17-12(2)19/h3-6,11,13H,7-10,16H2,1-2H3,(H,17,19)/t11-/m1/s1. The molecule has 1 saturated heterocycles. The Morgan fingerprint density at radius 1 is 1.37 bits per heavy atom. The molecule has 19 heavy (non-hydrogen) atoms. The van der Waals surface area contributed by atoms with E-state index in [1.807, 2.05) is 13.0 Å². The summed E-state index contributed by atoms with van der Waals surface area (Å²) in [4.78, 5) is 13.4. The fourth-order valence-corrected chi connectivity index (χ4v) is 2.71. The van der Waals surface area contributed by atoms with Crippen LogP contribution >= 0.6 is 0 Å². The maximum Gasteiger partial charge on any atom is 0.217 e. The number of benzene rings is 1. The van der Waals surface area contributed by atoms with E-state index in [9.17, 15) is 4.79 Å². The zero-order valence-corrected chi connectivity index (χ0v) is 11.7.